The number of fused-ring (bicyclic) bond motifs is 1. The molecule has 0 unspecified atom stereocenters. The Morgan fingerprint density at radius 1 is 1.23 bits per heavy atom. The number of carbonyl (C=O) groups is 1. The van der Waals surface area contributed by atoms with Gasteiger partial charge in [-0.2, -0.15) is 0 Å². The van der Waals surface area contributed by atoms with Gasteiger partial charge < -0.3 is 4.74 Å². The molecule has 2 aromatic heterocycles. The Labute approximate surface area is 136 Å². The Hall–Kier alpha value is -2.21. The Kier molecular flexibility index (Phi) is 4.20. The van der Waals surface area contributed by atoms with E-state index in [1.807, 2.05) is 36.4 Å². The van der Waals surface area contributed by atoms with Crippen LogP contribution in [0.4, 0.5) is 0 Å². The van der Waals surface area contributed by atoms with Gasteiger partial charge in [0, 0.05) is 17.1 Å². The van der Waals surface area contributed by atoms with Crippen LogP contribution in [0.5, 0.6) is 0 Å². The number of ether oxygens (including phenoxy) is 1. The van der Waals surface area contributed by atoms with E-state index in [-0.39, 0.29) is 0 Å². The molecule has 112 valence electrons. The monoisotopic (exact) mass is 359 g/mol. The molecule has 3 aromatic rings. The first-order valence-corrected chi connectivity index (χ1v) is 8.03. The minimum atomic E-state index is -0.401. The molecule has 0 saturated heterocycles. The summed E-state index contributed by atoms with van der Waals surface area (Å²) in [6.07, 6.45) is 1.80. The molecule has 6 heteroatoms. The average Bonchev–Trinajstić information content (AvgIpc) is 2.94. The number of aromatic nitrogens is 3. The molecular weight excluding hydrogens is 346 g/mol. The molecule has 0 fully saturated rings. The first kappa shape index (κ1) is 14.7. The maximum absolute atomic E-state index is 12.3. The number of imidazole rings is 1. The molecule has 22 heavy (non-hydrogen) atoms. The molecule has 3 rings (SSSR count). The lowest BCUT2D eigenvalue weighted by Crippen LogP contribution is -2.09. The van der Waals surface area contributed by atoms with Crippen molar-refractivity contribution < 1.29 is 9.53 Å². The summed E-state index contributed by atoms with van der Waals surface area (Å²) in [5.41, 5.74) is 2.69. The maximum atomic E-state index is 12.3. The van der Waals surface area contributed by atoms with Gasteiger partial charge >= 0.3 is 5.97 Å². The van der Waals surface area contributed by atoms with Crippen molar-refractivity contribution in [1.29, 1.82) is 0 Å². The highest BCUT2D eigenvalue weighted by Crippen LogP contribution is 2.24. The molecule has 0 radical (unpaired) electrons. The van der Waals surface area contributed by atoms with E-state index < -0.39 is 5.97 Å². The van der Waals surface area contributed by atoms with Crippen LogP contribution < -0.4 is 0 Å². The van der Waals surface area contributed by atoms with Gasteiger partial charge in [-0.15, -0.1) is 0 Å². The smallest absolute Gasteiger partial charge is 0.357 e. The van der Waals surface area contributed by atoms with Crippen LogP contribution in [0.2, 0.25) is 0 Å². The van der Waals surface area contributed by atoms with Gasteiger partial charge in [0.05, 0.1) is 12.3 Å². The van der Waals surface area contributed by atoms with E-state index in [1.54, 1.807) is 17.5 Å². The van der Waals surface area contributed by atoms with Crippen molar-refractivity contribution in [2.24, 2.45) is 0 Å². The summed E-state index contributed by atoms with van der Waals surface area (Å²) in [5.74, 6) is 0.0844. The Morgan fingerprint density at radius 3 is 2.68 bits per heavy atom. The Morgan fingerprint density at radius 2 is 2.00 bits per heavy atom. The fourth-order valence-corrected chi connectivity index (χ4v) is 2.55. The number of nitrogens with zero attached hydrogens (tertiary/aromatic N) is 3. The molecule has 5 nitrogen and oxygen atoms in total. The number of hydrogen-bond donors (Lipinski definition) is 0. The number of esters is 1. The highest BCUT2D eigenvalue weighted by Gasteiger charge is 2.22. The Balaban J connectivity index is 2.25. The molecule has 0 aliphatic carbocycles. The van der Waals surface area contributed by atoms with Gasteiger partial charge in [-0.25, -0.2) is 14.8 Å². The third-order valence-electron chi connectivity index (χ3n) is 3.21. The summed E-state index contributed by atoms with van der Waals surface area (Å²) in [4.78, 5) is 21.3. The lowest BCUT2D eigenvalue weighted by atomic mass is 10.1. The van der Waals surface area contributed by atoms with Crippen molar-refractivity contribution in [3.63, 3.8) is 0 Å². The van der Waals surface area contributed by atoms with Gasteiger partial charge in [-0.3, -0.25) is 4.40 Å². The quantitative estimate of drug-likeness (QED) is 0.528. The van der Waals surface area contributed by atoms with Gasteiger partial charge in [0.25, 0.3) is 0 Å². The molecule has 2 heterocycles. The van der Waals surface area contributed by atoms with Crippen LogP contribution in [-0.4, -0.2) is 26.9 Å². The fraction of sp³-hybridized carbons (Fsp3) is 0.188. The number of benzene rings is 1. The first-order valence-electron chi connectivity index (χ1n) is 6.91. The predicted molar refractivity (Wildman–Crippen MR) is 87.0 cm³/mol. The van der Waals surface area contributed by atoms with E-state index >= 15 is 0 Å². The van der Waals surface area contributed by atoms with E-state index in [2.05, 4.69) is 25.9 Å². The summed E-state index contributed by atoms with van der Waals surface area (Å²) in [5, 5.41) is 0.631. The summed E-state index contributed by atoms with van der Waals surface area (Å²) >= 11 is 3.38. The highest BCUT2D eigenvalue weighted by molar-refractivity contribution is 9.08. The minimum absolute atomic E-state index is 0.313. The molecule has 0 N–H and O–H groups in total. The molecule has 0 atom stereocenters. The van der Waals surface area contributed by atoms with Crippen LogP contribution >= 0.6 is 15.9 Å². The van der Waals surface area contributed by atoms with E-state index in [1.165, 1.54) is 0 Å². The minimum Gasteiger partial charge on any atom is -0.461 e. The van der Waals surface area contributed by atoms with Crippen molar-refractivity contribution >= 4 is 27.7 Å². The van der Waals surface area contributed by atoms with Crippen LogP contribution in [0.25, 0.3) is 17.0 Å². The van der Waals surface area contributed by atoms with E-state index in [0.29, 0.717) is 29.1 Å². The molecule has 0 aliphatic heterocycles. The van der Waals surface area contributed by atoms with Gasteiger partial charge in [0.2, 0.25) is 5.78 Å². The van der Waals surface area contributed by atoms with E-state index in [0.717, 1.165) is 11.3 Å². The average molecular weight is 360 g/mol. The second-order valence-electron chi connectivity index (χ2n) is 4.62. The lowest BCUT2D eigenvalue weighted by Gasteiger charge is -2.04. The number of carbonyl (C=O) groups excluding carboxylic acids is 1. The zero-order valence-corrected chi connectivity index (χ0v) is 13.6. The van der Waals surface area contributed by atoms with Crippen LogP contribution in [0, 0.1) is 0 Å². The molecule has 1 aromatic carbocycles. The standard InChI is InChI=1S/C16H14BrN3O2/c1-2-22-15(21)14-13(11-6-4-3-5-7-11)19-16-18-12(10-17)8-9-20(14)16/h3-9H,2,10H2,1H3. The van der Waals surface area contributed by atoms with E-state index in [4.69, 9.17) is 4.74 Å². The summed E-state index contributed by atoms with van der Waals surface area (Å²) in [6.45, 7) is 2.09. The second-order valence-corrected chi connectivity index (χ2v) is 5.18. The van der Waals surface area contributed by atoms with Gasteiger partial charge in [-0.05, 0) is 13.0 Å². The highest BCUT2D eigenvalue weighted by atomic mass is 79.9. The number of halogens is 1. The zero-order chi connectivity index (χ0) is 15.5. The normalized spacial score (nSPS) is 10.8. The Bertz CT molecular complexity index is 815. The summed E-state index contributed by atoms with van der Waals surface area (Å²) in [7, 11) is 0. The third-order valence-corrected chi connectivity index (χ3v) is 3.78. The van der Waals surface area contributed by atoms with Gasteiger partial charge in [0.15, 0.2) is 5.69 Å². The van der Waals surface area contributed by atoms with Crippen LogP contribution in [0.3, 0.4) is 0 Å². The van der Waals surface area contributed by atoms with Crippen molar-refractivity contribution in [3.8, 4) is 11.3 Å². The lowest BCUT2D eigenvalue weighted by molar-refractivity contribution is 0.0519. The van der Waals surface area contributed by atoms with Gasteiger partial charge in [-0.1, -0.05) is 46.3 Å². The summed E-state index contributed by atoms with van der Waals surface area (Å²) in [6, 6.07) is 11.4. The molecule has 0 spiro atoms. The predicted octanol–water partition coefficient (Wildman–Crippen LogP) is 3.47. The van der Waals surface area contributed by atoms with Crippen LogP contribution in [-0.2, 0) is 10.1 Å². The zero-order valence-electron chi connectivity index (χ0n) is 12.0. The van der Waals surface area contributed by atoms with E-state index in [9.17, 15) is 4.79 Å². The van der Waals surface area contributed by atoms with Crippen molar-refractivity contribution in [2.75, 3.05) is 6.61 Å². The first-order chi connectivity index (χ1) is 10.7. The van der Waals surface area contributed by atoms with Crippen molar-refractivity contribution in [1.82, 2.24) is 14.4 Å². The number of hydrogen-bond acceptors (Lipinski definition) is 4. The fourth-order valence-electron chi connectivity index (χ4n) is 2.23. The van der Waals surface area contributed by atoms with Crippen LogP contribution in [0.1, 0.15) is 23.1 Å². The second kappa shape index (κ2) is 6.27. The van der Waals surface area contributed by atoms with Crippen molar-refractivity contribution in [2.45, 2.75) is 12.3 Å². The maximum Gasteiger partial charge on any atom is 0.357 e. The van der Waals surface area contributed by atoms with Crippen molar-refractivity contribution in [3.05, 3.63) is 54.0 Å². The van der Waals surface area contributed by atoms with Gasteiger partial charge in [0.1, 0.15) is 5.69 Å². The molecule has 0 aliphatic rings. The molecular formula is C16H14BrN3O2. The van der Waals surface area contributed by atoms with Crippen LogP contribution in [0.15, 0.2) is 42.6 Å². The SMILES string of the molecule is CCOC(=O)c1c(-c2ccccc2)nc2nc(CBr)ccn12. The molecule has 0 amide bonds. The topological polar surface area (TPSA) is 56.5 Å². The summed E-state index contributed by atoms with van der Waals surface area (Å²) < 4.78 is 6.85. The number of alkyl halides is 1. The third kappa shape index (κ3) is 2.62. The number of rotatable bonds is 4. The largest absolute Gasteiger partial charge is 0.461 e. The molecule has 0 saturated carbocycles. The molecule has 0 bridgehead atoms.